The van der Waals surface area contributed by atoms with Gasteiger partial charge in [0.2, 0.25) is 0 Å². The van der Waals surface area contributed by atoms with E-state index in [4.69, 9.17) is 21.0 Å². The van der Waals surface area contributed by atoms with Crippen LogP contribution < -0.4 is 5.73 Å². The Morgan fingerprint density at radius 1 is 1.24 bits per heavy atom. The van der Waals surface area contributed by atoms with Gasteiger partial charge in [-0.15, -0.1) is 0 Å². The minimum absolute atomic E-state index is 0.00952. The third-order valence-corrected chi connectivity index (χ3v) is 5.83. The summed E-state index contributed by atoms with van der Waals surface area (Å²) >= 11 is 0. The van der Waals surface area contributed by atoms with E-state index in [1.165, 1.54) is 0 Å². The second-order valence-corrected chi connectivity index (χ2v) is 8.14. The molecule has 1 heterocycles. The third-order valence-electron chi connectivity index (χ3n) is 5.83. The Balaban J connectivity index is 1.73. The van der Waals surface area contributed by atoms with E-state index in [2.05, 4.69) is 11.1 Å². The van der Waals surface area contributed by atoms with Crippen LogP contribution >= 0.6 is 0 Å². The molecule has 1 fully saturated rings. The molecule has 2 aromatic rings. The molecule has 0 aromatic heterocycles. The second kappa shape index (κ2) is 11.5. The van der Waals surface area contributed by atoms with Crippen molar-refractivity contribution in [1.29, 1.82) is 10.7 Å². The summed E-state index contributed by atoms with van der Waals surface area (Å²) in [4.78, 5) is 6.50. The molecule has 0 saturated carbocycles. The minimum atomic E-state index is 0.00952. The highest BCUT2D eigenvalue weighted by atomic mass is 16.5. The highest BCUT2D eigenvalue weighted by Crippen LogP contribution is 2.20. The number of rotatable bonds is 8. The lowest BCUT2D eigenvalue weighted by Gasteiger charge is -2.34. The molecule has 33 heavy (non-hydrogen) atoms. The highest BCUT2D eigenvalue weighted by molar-refractivity contribution is 6.09. The third kappa shape index (κ3) is 6.31. The number of nitrogens with one attached hydrogen (secondary N) is 1. The van der Waals surface area contributed by atoms with Gasteiger partial charge in [0.15, 0.2) is 0 Å². The topological polar surface area (TPSA) is 139 Å². The number of aryl methyl sites for hydroxylation is 1. The predicted octanol–water partition coefficient (Wildman–Crippen LogP) is 2.32. The van der Waals surface area contributed by atoms with Crippen LogP contribution in [0.3, 0.4) is 0 Å². The number of ether oxygens (including phenoxy) is 1. The molecule has 8 nitrogen and oxygen atoms in total. The Hall–Kier alpha value is -3.41. The van der Waals surface area contributed by atoms with Crippen molar-refractivity contribution in [2.45, 2.75) is 32.3 Å². The van der Waals surface area contributed by atoms with Crippen LogP contribution in [0.1, 0.15) is 40.7 Å². The van der Waals surface area contributed by atoms with Crippen LogP contribution in [0, 0.1) is 23.7 Å². The van der Waals surface area contributed by atoms with E-state index in [1.54, 1.807) is 24.3 Å². The number of phenolic OH excluding ortho intramolecular Hbond substituents is 1. The number of likely N-dealkylation sites (tertiary alicyclic amines) is 1. The van der Waals surface area contributed by atoms with Crippen molar-refractivity contribution in [3.63, 3.8) is 0 Å². The molecule has 0 unspecified atom stereocenters. The lowest BCUT2D eigenvalue weighted by atomic mass is 10.00. The van der Waals surface area contributed by atoms with Crippen molar-refractivity contribution in [2.75, 3.05) is 32.8 Å². The highest BCUT2D eigenvalue weighted by Gasteiger charge is 2.24. The van der Waals surface area contributed by atoms with Gasteiger partial charge in [0, 0.05) is 30.8 Å². The van der Waals surface area contributed by atoms with Crippen LogP contribution in [0.2, 0.25) is 0 Å². The van der Waals surface area contributed by atoms with Gasteiger partial charge in [0.05, 0.1) is 31.0 Å². The fourth-order valence-corrected chi connectivity index (χ4v) is 3.93. The normalized spacial score (nSPS) is 14.8. The van der Waals surface area contributed by atoms with Crippen molar-refractivity contribution < 1.29 is 14.9 Å². The van der Waals surface area contributed by atoms with Gasteiger partial charge in [-0.05, 0) is 61.6 Å². The number of aromatic hydroxyl groups is 1. The van der Waals surface area contributed by atoms with E-state index < -0.39 is 0 Å². The number of aliphatic imine (C=N–C) groups is 1. The van der Waals surface area contributed by atoms with Crippen molar-refractivity contribution >= 4 is 11.7 Å². The fourth-order valence-electron chi connectivity index (χ4n) is 3.93. The maximum absolute atomic E-state index is 9.68. The van der Waals surface area contributed by atoms with Gasteiger partial charge in [-0.1, -0.05) is 12.1 Å². The van der Waals surface area contributed by atoms with Crippen LogP contribution in [-0.2, 0) is 11.2 Å². The monoisotopic (exact) mass is 449 g/mol. The molecule has 8 heteroatoms. The Bertz CT molecular complexity index is 1050. The number of nitrogens with two attached hydrogens (primary N) is 1. The predicted molar refractivity (Wildman–Crippen MR) is 128 cm³/mol. The van der Waals surface area contributed by atoms with Gasteiger partial charge >= 0.3 is 0 Å². The molecule has 1 saturated heterocycles. The number of phenols is 1. The van der Waals surface area contributed by atoms with Gasteiger partial charge in [-0.2, -0.15) is 5.26 Å². The molecule has 5 N–H and O–H groups in total. The first-order valence-electron chi connectivity index (χ1n) is 11.1. The van der Waals surface area contributed by atoms with Gasteiger partial charge in [0.1, 0.15) is 17.4 Å². The fraction of sp³-hybridized carbons (Fsp3) is 0.400. The van der Waals surface area contributed by atoms with Gasteiger partial charge in [-0.25, -0.2) is 0 Å². The average Bonchev–Trinajstić information content (AvgIpc) is 2.84. The van der Waals surface area contributed by atoms with E-state index in [1.807, 2.05) is 24.0 Å². The zero-order valence-corrected chi connectivity index (χ0v) is 18.9. The smallest absolute Gasteiger partial charge is 0.128 e. The molecule has 3 rings (SSSR count). The first kappa shape index (κ1) is 24.2. The van der Waals surface area contributed by atoms with Crippen LogP contribution in [0.5, 0.6) is 5.75 Å². The maximum Gasteiger partial charge on any atom is 0.128 e. The Morgan fingerprint density at radius 2 is 2.00 bits per heavy atom. The minimum Gasteiger partial charge on any atom is -0.508 e. The largest absolute Gasteiger partial charge is 0.508 e. The summed E-state index contributed by atoms with van der Waals surface area (Å²) in [5.41, 5.74) is 9.87. The summed E-state index contributed by atoms with van der Waals surface area (Å²) < 4.78 is 5.62. The standard InChI is InChI=1S/C25H31N5O3/c1-17-14-18(3-5-23(17)32)6-9-29-24(27)22-15-19(16-26)2-4-21(22)25(28)30-10-7-20(8-11-30)33-13-12-31/h2-5,14-15,20,28,31-32H,6-13H2,1H3,(H2,27,29). The SMILES string of the molecule is Cc1cc(CCN=C(N)c2cc(C#N)ccc2C(=N)N2CCC(OCCO)CC2)ccc1O. The van der Waals surface area contributed by atoms with Gasteiger partial charge in [-0.3, -0.25) is 10.4 Å². The molecule has 0 aliphatic carbocycles. The molecule has 174 valence electrons. The molecule has 2 aromatic carbocycles. The summed E-state index contributed by atoms with van der Waals surface area (Å²) in [6.45, 7) is 3.99. The number of hydrogen-bond donors (Lipinski definition) is 4. The second-order valence-electron chi connectivity index (χ2n) is 8.14. The van der Waals surface area contributed by atoms with E-state index >= 15 is 0 Å². The first-order valence-corrected chi connectivity index (χ1v) is 11.1. The quantitative estimate of drug-likeness (QED) is 0.360. The molecule has 0 bridgehead atoms. The molecule has 0 spiro atoms. The molecule has 0 amide bonds. The summed E-state index contributed by atoms with van der Waals surface area (Å²) in [5.74, 6) is 0.910. The van der Waals surface area contributed by atoms with Crippen LogP contribution in [0.25, 0.3) is 0 Å². The molecule has 0 radical (unpaired) electrons. The Morgan fingerprint density at radius 3 is 2.67 bits per heavy atom. The number of aliphatic hydroxyl groups excluding tert-OH is 1. The number of piperidine rings is 1. The lowest BCUT2D eigenvalue weighted by Crippen LogP contribution is -2.41. The van der Waals surface area contributed by atoms with Crippen molar-refractivity contribution in [1.82, 2.24) is 4.90 Å². The average molecular weight is 450 g/mol. The van der Waals surface area contributed by atoms with Crippen LogP contribution in [0.15, 0.2) is 41.4 Å². The molecule has 1 aliphatic heterocycles. The number of nitriles is 1. The van der Waals surface area contributed by atoms with Crippen LogP contribution in [0.4, 0.5) is 0 Å². The Labute approximate surface area is 194 Å². The summed E-state index contributed by atoms with van der Waals surface area (Å²) in [6.07, 6.45) is 2.32. The van der Waals surface area contributed by atoms with Gasteiger partial charge < -0.3 is 25.6 Å². The summed E-state index contributed by atoms with van der Waals surface area (Å²) in [7, 11) is 0. The van der Waals surface area contributed by atoms with Crippen molar-refractivity contribution in [3.8, 4) is 11.8 Å². The number of aliphatic hydroxyl groups is 1. The lowest BCUT2D eigenvalue weighted by molar-refractivity contribution is 0.00161. The number of benzene rings is 2. The van der Waals surface area contributed by atoms with E-state index in [0.29, 0.717) is 61.0 Å². The number of hydrogen-bond acceptors (Lipinski definition) is 6. The molecule has 0 atom stereocenters. The first-order chi connectivity index (χ1) is 15.9. The number of amidine groups is 2. The van der Waals surface area contributed by atoms with Crippen molar-refractivity contribution in [3.05, 3.63) is 64.2 Å². The molecular weight excluding hydrogens is 418 g/mol. The van der Waals surface area contributed by atoms with Crippen LogP contribution in [-0.4, -0.2) is 65.7 Å². The zero-order chi connectivity index (χ0) is 23.8. The molecule has 1 aliphatic rings. The zero-order valence-electron chi connectivity index (χ0n) is 18.9. The summed E-state index contributed by atoms with van der Waals surface area (Å²) in [5, 5.41) is 36.7. The van der Waals surface area contributed by atoms with E-state index in [0.717, 1.165) is 24.0 Å². The maximum atomic E-state index is 9.68. The van der Waals surface area contributed by atoms with Gasteiger partial charge in [0.25, 0.3) is 0 Å². The molecular formula is C25H31N5O3. The summed E-state index contributed by atoms with van der Waals surface area (Å²) in [6, 6.07) is 12.7. The Kier molecular flexibility index (Phi) is 8.41. The van der Waals surface area contributed by atoms with Crippen molar-refractivity contribution in [2.24, 2.45) is 10.7 Å². The van der Waals surface area contributed by atoms with E-state index in [9.17, 15) is 10.4 Å². The number of nitrogens with zero attached hydrogens (tertiary/aromatic N) is 3. The van der Waals surface area contributed by atoms with E-state index in [-0.39, 0.29) is 18.5 Å².